The second kappa shape index (κ2) is 5.15. The molecule has 3 nitrogen and oxygen atoms in total. The van der Waals surface area contributed by atoms with Crippen molar-refractivity contribution < 1.29 is 32.3 Å². The molecule has 0 radical (unpaired) electrons. The fraction of sp³-hybridized carbons (Fsp3) is 0.222. The Balaban J connectivity index is 2.49. The Kier molecular flexibility index (Phi) is 3.53. The van der Waals surface area contributed by atoms with Gasteiger partial charge in [0.1, 0.15) is 5.75 Å². The first-order valence-electron chi connectivity index (χ1n) is 7.30. The molecule has 0 aromatic heterocycles. The molecule has 0 unspecified atom stereocenters. The number of phenols is 1. The molecular weight excluding hydrogens is 340 g/mol. The van der Waals surface area contributed by atoms with Crippen LogP contribution in [-0.4, -0.2) is 16.7 Å². The zero-order chi connectivity index (χ0) is 18.8. The van der Waals surface area contributed by atoms with Crippen LogP contribution in [0.3, 0.4) is 0 Å². The number of carbonyl (C=O) groups is 2. The summed E-state index contributed by atoms with van der Waals surface area (Å²) in [6, 6.07) is 2.52. The summed E-state index contributed by atoms with van der Waals surface area (Å²) in [6.45, 7) is 5.11. The number of carbonyl (C=O) groups excluding carboxylic acids is 2. The second-order valence-corrected chi connectivity index (χ2v) is 6.80. The van der Waals surface area contributed by atoms with Gasteiger partial charge in [0.15, 0.2) is 29.1 Å². The number of benzene rings is 2. The second-order valence-electron chi connectivity index (χ2n) is 6.80. The average Bonchev–Trinajstić information content (AvgIpc) is 2.52. The van der Waals surface area contributed by atoms with Crippen LogP contribution >= 0.6 is 0 Å². The normalized spacial score (nSPS) is 13.7. The molecule has 3 rings (SSSR count). The van der Waals surface area contributed by atoms with Crippen LogP contribution in [0.15, 0.2) is 12.1 Å². The van der Waals surface area contributed by atoms with E-state index >= 15 is 0 Å². The van der Waals surface area contributed by atoms with Gasteiger partial charge in [-0.1, -0.05) is 26.8 Å². The van der Waals surface area contributed by atoms with Crippen molar-refractivity contribution >= 4 is 11.6 Å². The molecule has 2 aromatic rings. The summed E-state index contributed by atoms with van der Waals surface area (Å²) in [5.74, 6) is -11.3. The van der Waals surface area contributed by atoms with Crippen molar-refractivity contribution in [3.05, 3.63) is 63.2 Å². The quantitative estimate of drug-likeness (QED) is 0.378. The van der Waals surface area contributed by atoms with Crippen LogP contribution in [0.1, 0.15) is 58.2 Å². The highest BCUT2D eigenvalue weighted by Gasteiger charge is 2.42. The molecule has 0 aliphatic heterocycles. The van der Waals surface area contributed by atoms with Gasteiger partial charge in [-0.3, -0.25) is 9.59 Å². The first kappa shape index (κ1) is 17.1. The number of ketones is 2. The van der Waals surface area contributed by atoms with Gasteiger partial charge in [0.25, 0.3) is 0 Å². The Bertz CT molecular complexity index is 972. The largest absolute Gasteiger partial charge is 0.507 e. The Hall–Kier alpha value is -2.70. The lowest BCUT2D eigenvalue weighted by Gasteiger charge is -2.27. The lowest BCUT2D eigenvalue weighted by Crippen LogP contribution is -2.29. The van der Waals surface area contributed by atoms with Crippen molar-refractivity contribution in [1.82, 2.24) is 0 Å². The number of phenolic OH excluding ortho intramolecular Hbond substituents is 1. The minimum absolute atomic E-state index is 0.286. The van der Waals surface area contributed by atoms with Gasteiger partial charge in [-0.15, -0.1) is 0 Å². The molecule has 0 bridgehead atoms. The molecule has 0 fully saturated rings. The molecule has 25 heavy (non-hydrogen) atoms. The molecule has 130 valence electrons. The van der Waals surface area contributed by atoms with E-state index in [1.807, 2.05) is 0 Å². The minimum atomic E-state index is -2.19. The number of hydrogen-bond donors (Lipinski definition) is 1. The van der Waals surface area contributed by atoms with Crippen molar-refractivity contribution in [1.29, 1.82) is 0 Å². The topological polar surface area (TPSA) is 54.4 Å². The number of fused-ring (bicyclic) bond motifs is 2. The van der Waals surface area contributed by atoms with Gasteiger partial charge in [0, 0.05) is 5.56 Å². The van der Waals surface area contributed by atoms with Gasteiger partial charge in [-0.05, 0) is 17.0 Å². The summed E-state index contributed by atoms with van der Waals surface area (Å²) in [6.07, 6.45) is 0. The van der Waals surface area contributed by atoms with Crippen molar-refractivity contribution in [2.45, 2.75) is 26.2 Å². The van der Waals surface area contributed by atoms with Gasteiger partial charge in [-0.25, -0.2) is 17.6 Å². The molecule has 0 saturated carbocycles. The van der Waals surface area contributed by atoms with Gasteiger partial charge in [-0.2, -0.15) is 0 Å². The van der Waals surface area contributed by atoms with Crippen LogP contribution in [0.4, 0.5) is 17.6 Å². The van der Waals surface area contributed by atoms with E-state index in [1.165, 1.54) is 6.07 Å². The average molecular weight is 352 g/mol. The fourth-order valence-electron chi connectivity index (χ4n) is 2.99. The van der Waals surface area contributed by atoms with Crippen molar-refractivity contribution in [3.63, 3.8) is 0 Å². The lowest BCUT2D eigenvalue weighted by atomic mass is 9.74. The van der Waals surface area contributed by atoms with Crippen molar-refractivity contribution in [3.8, 4) is 5.75 Å². The Morgan fingerprint density at radius 2 is 1.16 bits per heavy atom. The Labute approximate surface area is 139 Å². The molecule has 0 saturated heterocycles. The molecule has 1 aliphatic rings. The van der Waals surface area contributed by atoms with Crippen molar-refractivity contribution in [2.24, 2.45) is 0 Å². The van der Waals surface area contributed by atoms with Gasteiger partial charge >= 0.3 is 0 Å². The molecule has 0 spiro atoms. The molecule has 1 aliphatic carbocycles. The summed E-state index contributed by atoms with van der Waals surface area (Å²) < 4.78 is 55.3. The zero-order valence-corrected chi connectivity index (χ0v) is 13.4. The van der Waals surface area contributed by atoms with E-state index in [0.29, 0.717) is 0 Å². The number of hydrogen-bond acceptors (Lipinski definition) is 3. The number of rotatable bonds is 0. The third-order valence-electron chi connectivity index (χ3n) is 4.17. The summed E-state index contributed by atoms with van der Waals surface area (Å²) in [5, 5.41) is 9.99. The predicted octanol–water partition coefficient (Wildman–Crippen LogP) is 4.02. The predicted molar refractivity (Wildman–Crippen MR) is 79.9 cm³/mol. The lowest BCUT2D eigenvalue weighted by molar-refractivity contribution is 0.0965. The third kappa shape index (κ3) is 2.18. The molecule has 1 N–H and O–H groups in total. The summed E-state index contributed by atoms with van der Waals surface area (Å²) in [7, 11) is 0. The van der Waals surface area contributed by atoms with Crippen LogP contribution in [-0.2, 0) is 5.41 Å². The van der Waals surface area contributed by atoms with E-state index < -0.39 is 62.7 Å². The van der Waals surface area contributed by atoms with Crippen LogP contribution in [0, 0.1) is 23.3 Å². The van der Waals surface area contributed by atoms with E-state index in [4.69, 9.17) is 0 Å². The van der Waals surface area contributed by atoms with E-state index in [1.54, 1.807) is 20.8 Å². The van der Waals surface area contributed by atoms with E-state index in [-0.39, 0.29) is 11.1 Å². The molecule has 0 heterocycles. The highest BCUT2D eigenvalue weighted by atomic mass is 19.2. The zero-order valence-electron chi connectivity index (χ0n) is 13.4. The Morgan fingerprint density at radius 1 is 0.720 bits per heavy atom. The van der Waals surface area contributed by atoms with Crippen LogP contribution in [0.25, 0.3) is 0 Å². The summed E-state index contributed by atoms with van der Waals surface area (Å²) in [4.78, 5) is 25.3. The first-order valence-corrected chi connectivity index (χ1v) is 7.30. The van der Waals surface area contributed by atoms with E-state index in [0.717, 1.165) is 6.07 Å². The van der Waals surface area contributed by atoms with Gasteiger partial charge in [0.2, 0.25) is 5.78 Å². The highest BCUT2D eigenvalue weighted by Crippen LogP contribution is 2.41. The molecule has 0 amide bonds. The minimum Gasteiger partial charge on any atom is -0.507 e. The summed E-state index contributed by atoms with van der Waals surface area (Å²) in [5.41, 5.74) is -3.67. The smallest absolute Gasteiger partial charge is 0.201 e. The van der Waals surface area contributed by atoms with Crippen LogP contribution in [0.2, 0.25) is 0 Å². The first-order chi connectivity index (χ1) is 11.5. The molecule has 2 aromatic carbocycles. The molecule has 7 heteroatoms. The highest BCUT2D eigenvalue weighted by molar-refractivity contribution is 6.30. The monoisotopic (exact) mass is 352 g/mol. The maximum atomic E-state index is 14.2. The van der Waals surface area contributed by atoms with Crippen LogP contribution < -0.4 is 0 Å². The molecule has 0 atom stereocenters. The summed E-state index contributed by atoms with van der Waals surface area (Å²) >= 11 is 0. The van der Waals surface area contributed by atoms with Gasteiger partial charge < -0.3 is 5.11 Å². The maximum Gasteiger partial charge on any atom is 0.201 e. The molecular formula is C18H12F4O3. The SMILES string of the molecule is CC(C)(C)c1ccc(O)c2c1C(=O)c1c(F)c(F)c(F)c(F)c1C2=O. The van der Waals surface area contributed by atoms with E-state index in [2.05, 4.69) is 0 Å². The van der Waals surface area contributed by atoms with Crippen LogP contribution in [0.5, 0.6) is 5.75 Å². The number of halogens is 4. The fourth-order valence-corrected chi connectivity index (χ4v) is 2.99. The van der Waals surface area contributed by atoms with E-state index in [9.17, 15) is 32.3 Å². The third-order valence-corrected chi connectivity index (χ3v) is 4.17. The number of aromatic hydroxyl groups is 1. The van der Waals surface area contributed by atoms with Gasteiger partial charge in [0.05, 0.1) is 16.7 Å². The maximum absolute atomic E-state index is 14.2. The standard InChI is InChI=1S/C18H12F4O3/c1-18(2,3)6-4-5-7(23)9-8(6)16(24)10-11(17(9)25)13(20)15(22)14(21)12(10)19/h4-5,23H,1-3H3. The Morgan fingerprint density at radius 3 is 1.60 bits per heavy atom. The van der Waals surface area contributed by atoms with Crippen molar-refractivity contribution in [2.75, 3.05) is 0 Å².